The highest BCUT2D eigenvalue weighted by molar-refractivity contribution is 5.37. The molecule has 2 rings (SSSR count). The van der Waals surface area contributed by atoms with E-state index in [0.29, 0.717) is 24.4 Å². The first-order chi connectivity index (χ1) is 9.72. The molecule has 0 aliphatic rings. The van der Waals surface area contributed by atoms with Gasteiger partial charge in [-0.15, -0.1) is 0 Å². The molecule has 20 heavy (non-hydrogen) atoms. The van der Waals surface area contributed by atoms with Gasteiger partial charge in [0.25, 0.3) is 5.95 Å². The number of methoxy groups -OCH3 is 1. The fourth-order valence-corrected chi connectivity index (χ4v) is 1.49. The maximum absolute atomic E-state index is 5.19. The summed E-state index contributed by atoms with van der Waals surface area (Å²) in [5.74, 6) is 1.47. The van der Waals surface area contributed by atoms with Gasteiger partial charge in [-0.3, -0.25) is 0 Å². The van der Waals surface area contributed by atoms with Crippen LogP contribution in [0, 0.1) is 0 Å². The molecule has 0 radical (unpaired) electrons. The first-order valence-corrected chi connectivity index (χ1v) is 6.49. The smallest absolute Gasteiger partial charge is 0.257 e. The normalized spacial score (nSPS) is 12.2. The van der Waals surface area contributed by atoms with Crippen LogP contribution in [0.4, 0.5) is 11.9 Å². The van der Waals surface area contributed by atoms with Crippen molar-refractivity contribution in [1.82, 2.24) is 24.7 Å². The maximum atomic E-state index is 5.19. The van der Waals surface area contributed by atoms with Crippen molar-refractivity contribution < 1.29 is 4.74 Å². The minimum absolute atomic E-state index is 0.0718. The zero-order chi connectivity index (χ0) is 14.4. The molecule has 0 spiro atoms. The van der Waals surface area contributed by atoms with Crippen LogP contribution in [0.3, 0.4) is 0 Å². The van der Waals surface area contributed by atoms with Crippen LogP contribution < -0.4 is 10.6 Å². The van der Waals surface area contributed by atoms with Crippen molar-refractivity contribution in [2.24, 2.45) is 0 Å². The fourth-order valence-electron chi connectivity index (χ4n) is 1.49. The zero-order valence-electron chi connectivity index (χ0n) is 11.9. The van der Waals surface area contributed by atoms with Gasteiger partial charge in [-0.2, -0.15) is 20.1 Å². The van der Waals surface area contributed by atoms with Crippen molar-refractivity contribution in [3.63, 3.8) is 0 Å². The summed E-state index contributed by atoms with van der Waals surface area (Å²) in [5, 5.41) is 10.3. The summed E-state index contributed by atoms with van der Waals surface area (Å²) in [4.78, 5) is 12.9. The van der Waals surface area contributed by atoms with Gasteiger partial charge in [0.15, 0.2) is 0 Å². The molecule has 1 atom stereocenters. The number of hydrogen-bond acceptors (Lipinski definition) is 7. The molecule has 2 heterocycles. The Bertz CT molecular complexity index is 529. The number of anilines is 2. The van der Waals surface area contributed by atoms with Crippen molar-refractivity contribution in [1.29, 1.82) is 0 Å². The molecular formula is C12H19N7O. The Balaban J connectivity index is 2.22. The van der Waals surface area contributed by atoms with E-state index < -0.39 is 0 Å². The lowest BCUT2D eigenvalue weighted by Crippen LogP contribution is -2.20. The summed E-state index contributed by atoms with van der Waals surface area (Å²) in [7, 11) is 1.67. The van der Waals surface area contributed by atoms with E-state index in [1.165, 1.54) is 0 Å². The van der Waals surface area contributed by atoms with E-state index in [4.69, 9.17) is 4.74 Å². The molecule has 0 amide bonds. The SMILES string of the molecule is CCNc1nc(NCC(C)OC)nc(-n2cccn2)n1. The number of nitrogens with one attached hydrogen (secondary N) is 2. The van der Waals surface area contributed by atoms with Crippen LogP contribution in [0.5, 0.6) is 0 Å². The molecule has 2 aromatic heterocycles. The Labute approximate surface area is 117 Å². The molecule has 0 saturated carbocycles. The lowest BCUT2D eigenvalue weighted by molar-refractivity contribution is 0.128. The summed E-state index contributed by atoms with van der Waals surface area (Å²) in [6.45, 7) is 5.30. The molecule has 0 aliphatic heterocycles. The van der Waals surface area contributed by atoms with Crippen molar-refractivity contribution in [2.75, 3.05) is 30.8 Å². The topological polar surface area (TPSA) is 89.8 Å². The van der Waals surface area contributed by atoms with Crippen molar-refractivity contribution in [3.8, 4) is 5.95 Å². The van der Waals surface area contributed by atoms with Gasteiger partial charge in [-0.25, -0.2) is 4.68 Å². The van der Waals surface area contributed by atoms with Crippen molar-refractivity contribution >= 4 is 11.9 Å². The summed E-state index contributed by atoms with van der Waals surface area (Å²) in [6, 6.07) is 1.82. The van der Waals surface area contributed by atoms with Crippen LogP contribution >= 0.6 is 0 Å². The van der Waals surface area contributed by atoms with Crippen LogP contribution in [0.2, 0.25) is 0 Å². The van der Waals surface area contributed by atoms with E-state index in [-0.39, 0.29) is 6.10 Å². The molecule has 0 aliphatic carbocycles. The Hall–Kier alpha value is -2.22. The molecule has 8 heteroatoms. The highest BCUT2D eigenvalue weighted by Crippen LogP contribution is 2.08. The van der Waals surface area contributed by atoms with E-state index in [1.807, 2.05) is 19.9 Å². The first kappa shape index (κ1) is 14.2. The lowest BCUT2D eigenvalue weighted by Gasteiger charge is -2.12. The standard InChI is InChI=1S/C12H19N7O/c1-4-13-10-16-11(14-8-9(2)20-3)18-12(17-10)19-7-5-6-15-19/h5-7,9H,4,8H2,1-3H3,(H2,13,14,16,17,18). The van der Waals surface area contributed by atoms with Crippen LogP contribution in [0.25, 0.3) is 5.95 Å². The highest BCUT2D eigenvalue weighted by atomic mass is 16.5. The molecule has 0 fully saturated rings. The third-order valence-electron chi connectivity index (χ3n) is 2.62. The highest BCUT2D eigenvalue weighted by Gasteiger charge is 2.09. The van der Waals surface area contributed by atoms with Crippen LogP contribution in [0.1, 0.15) is 13.8 Å². The second-order valence-electron chi connectivity index (χ2n) is 4.19. The molecule has 2 aromatic rings. The third kappa shape index (κ3) is 3.64. The third-order valence-corrected chi connectivity index (χ3v) is 2.62. The van der Waals surface area contributed by atoms with Gasteiger partial charge in [0, 0.05) is 32.6 Å². The summed E-state index contributed by atoms with van der Waals surface area (Å²) >= 11 is 0. The van der Waals surface area contributed by atoms with E-state index in [0.717, 1.165) is 6.54 Å². The van der Waals surface area contributed by atoms with Crippen molar-refractivity contribution in [2.45, 2.75) is 20.0 Å². The van der Waals surface area contributed by atoms with Crippen LogP contribution in [-0.2, 0) is 4.74 Å². The van der Waals surface area contributed by atoms with E-state index >= 15 is 0 Å². The molecule has 8 nitrogen and oxygen atoms in total. The molecule has 1 unspecified atom stereocenters. The monoisotopic (exact) mass is 277 g/mol. The Morgan fingerprint density at radius 1 is 1.25 bits per heavy atom. The number of ether oxygens (including phenoxy) is 1. The predicted molar refractivity (Wildman–Crippen MR) is 76.1 cm³/mol. The maximum Gasteiger partial charge on any atom is 0.257 e. The van der Waals surface area contributed by atoms with Gasteiger partial charge in [-0.05, 0) is 19.9 Å². The van der Waals surface area contributed by atoms with E-state index in [1.54, 1.807) is 24.2 Å². The average molecular weight is 277 g/mol. The Kier molecular flexibility index (Phi) is 4.83. The molecule has 0 saturated heterocycles. The number of nitrogens with zero attached hydrogens (tertiary/aromatic N) is 5. The van der Waals surface area contributed by atoms with Gasteiger partial charge >= 0.3 is 0 Å². The van der Waals surface area contributed by atoms with Gasteiger partial charge in [0.2, 0.25) is 11.9 Å². The van der Waals surface area contributed by atoms with Gasteiger partial charge in [0.05, 0.1) is 6.10 Å². The number of hydrogen-bond donors (Lipinski definition) is 2. The second-order valence-corrected chi connectivity index (χ2v) is 4.19. The average Bonchev–Trinajstić information content (AvgIpc) is 2.99. The molecule has 0 bridgehead atoms. The zero-order valence-corrected chi connectivity index (χ0v) is 11.9. The molecule has 2 N–H and O–H groups in total. The van der Waals surface area contributed by atoms with Gasteiger partial charge in [0.1, 0.15) is 0 Å². The summed E-state index contributed by atoms with van der Waals surface area (Å²) in [5.41, 5.74) is 0. The van der Waals surface area contributed by atoms with E-state index in [2.05, 4.69) is 30.7 Å². The predicted octanol–water partition coefficient (Wildman–Crippen LogP) is 0.936. The fraction of sp³-hybridized carbons (Fsp3) is 0.500. The van der Waals surface area contributed by atoms with Gasteiger partial charge < -0.3 is 15.4 Å². The van der Waals surface area contributed by atoms with Crippen molar-refractivity contribution in [3.05, 3.63) is 18.5 Å². The molecule has 108 valence electrons. The number of aromatic nitrogens is 5. The summed E-state index contributed by atoms with van der Waals surface area (Å²) in [6.07, 6.45) is 3.53. The first-order valence-electron chi connectivity index (χ1n) is 6.49. The minimum atomic E-state index is 0.0718. The van der Waals surface area contributed by atoms with Crippen LogP contribution in [0.15, 0.2) is 18.5 Å². The number of rotatable bonds is 7. The quantitative estimate of drug-likeness (QED) is 0.778. The Morgan fingerprint density at radius 3 is 2.60 bits per heavy atom. The molecular weight excluding hydrogens is 258 g/mol. The Morgan fingerprint density at radius 2 is 2.00 bits per heavy atom. The summed E-state index contributed by atoms with van der Waals surface area (Å²) < 4.78 is 6.78. The largest absolute Gasteiger partial charge is 0.380 e. The lowest BCUT2D eigenvalue weighted by atomic mass is 10.4. The molecule has 0 aromatic carbocycles. The van der Waals surface area contributed by atoms with Crippen LogP contribution in [-0.4, -0.2) is 51.0 Å². The van der Waals surface area contributed by atoms with E-state index in [9.17, 15) is 0 Å². The second kappa shape index (κ2) is 6.80. The van der Waals surface area contributed by atoms with Gasteiger partial charge in [-0.1, -0.05) is 0 Å². The minimum Gasteiger partial charge on any atom is -0.380 e.